The predicted molar refractivity (Wildman–Crippen MR) is 183 cm³/mol. The number of nitrogens with zero attached hydrogens (tertiary/aromatic N) is 4. The van der Waals surface area contributed by atoms with Gasteiger partial charge in [0.15, 0.2) is 34.7 Å². The minimum absolute atomic E-state index is 0. The van der Waals surface area contributed by atoms with Crippen LogP contribution in [0.15, 0.2) is 85.5 Å². The molecule has 0 spiro atoms. The van der Waals surface area contributed by atoms with E-state index in [-0.39, 0.29) is 23.5 Å². The van der Waals surface area contributed by atoms with Crippen LogP contribution in [0.1, 0.15) is 52.6 Å². The molecule has 0 aliphatic rings. The molecule has 0 bridgehead atoms. The summed E-state index contributed by atoms with van der Waals surface area (Å²) in [5.41, 5.74) is -0.500. The van der Waals surface area contributed by atoms with Gasteiger partial charge in [0.05, 0.1) is 33.2 Å². The van der Waals surface area contributed by atoms with Gasteiger partial charge in [-0.05, 0) is 81.4 Å². The molecule has 0 saturated heterocycles. The van der Waals surface area contributed by atoms with Crippen LogP contribution in [-0.2, 0) is 4.74 Å². The Morgan fingerprint density at radius 2 is 1.04 bits per heavy atom. The van der Waals surface area contributed by atoms with E-state index in [9.17, 15) is 37.1 Å². The molecule has 0 fully saturated rings. The van der Waals surface area contributed by atoms with Crippen LogP contribution in [-0.4, -0.2) is 60.6 Å². The highest BCUT2D eigenvalue weighted by molar-refractivity contribution is 6.11. The van der Waals surface area contributed by atoms with Crippen molar-refractivity contribution >= 4 is 52.2 Å². The maximum atomic E-state index is 14.8. The molecular formula is C36H29ClF4N4O7. The van der Waals surface area contributed by atoms with Gasteiger partial charge in [0, 0.05) is 43.0 Å². The number of ketones is 2. The molecule has 4 aromatic carbocycles. The van der Waals surface area contributed by atoms with Gasteiger partial charge in [-0.2, -0.15) is 0 Å². The summed E-state index contributed by atoms with van der Waals surface area (Å²) < 4.78 is 66.2. The number of aliphatic hydroxyl groups excluding tert-OH is 1. The second kappa shape index (κ2) is 17.2. The molecule has 2 N–H and O–H groups in total. The number of phenolic OH excluding ortho intramolecular Hbond substituents is 1. The molecular weight excluding hydrogens is 712 g/mol. The van der Waals surface area contributed by atoms with Crippen LogP contribution >= 0.6 is 12.4 Å². The Labute approximate surface area is 299 Å². The molecule has 2 aromatic heterocycles. The van der Waals surface area contributed by atoms with Crippen molar-refractivity contribution in [3.8, 4) is 11.5 Å². The van der Waals surface area contributed by atoms with Gasteiger partial charge >= 0.3 is 6.16 Å². The molecule has 11 nitrogen and oxygen atoms in total. The highest BCUT2D eigenvalue weighted by Gasteiger charge is 2.26. The predicted octanol–water partition coefficient (Wildman–Crippen LogP) is 7.33. The number of hydrogen-bond donors (Lipinski definition) is 2. The van der Waals surface area contributed by atoms with Crippen LogP contribution in [0, 0.1) is 23.3 Å². The van der Waals surface area contributed by atoms with Crippen molar-refractivity contribution in [3.05, 3.63) is 131 Å². The number of hydrogen-bond acceptors (Lipinski definition) is 11. The molecule has 0 atom stereocenters. The Morgan fingerprint density at radius 3 is 1.50 bits per heavy atom. The Hall–Kier alpha value is -6.06. The molecule has 0 unspecified atom stereocenters. The van der Waals surface area contributed by atoms with Crippen LogP contribution < -0.4 is 4.74 Å². The van der Waals surface area contributed by atoms with Crippen LogP contribution in [0.3, 0.4) is 0 Å². The van der Waals surface area contributed by atoms with Gasteiger partial charge in [0.2, 0.25) is 0 Å². The largest absolute Gasteiger partial charge is 0.514 e. The van der Waals surface area contributed by atoms with Gasteiger partial charge in [0.1, 0.15) is 17.2 Å². The summed E-state index contributed by atoms with van der Waals surface area (Å²) in [5, 5.41) is 16.3. The number of halogens is 5. The highest BCUT2D eigenvalue weighted by atomic mass is 35.5. The van der Waals surface area contributed by atoms with Crippen LogP contribution in [0.2, 0.25) is 0 Å². The normalized spacial score (nSPS) is 10.6. The lowest BCUT2D eigenvalue weighted by atomic mass is 10.0. The lowest BCUT2D eigenvalue weighted by molar-refractivity contribution is 0.0197. The second-order valence-electron chi connectivity index (χ2n) is 11.2. The van der Waals surface area contributed by atoms with E-state index in [0.29, 0.717) is 22.1 Å². The molecule has 270 valence electrons. The average Bonchev–Trinajstić information content (AvgIpc) is 3.11. The third kappa shape index (κ3) is 9.38. The minimum atomic E-state index is -1.30. The van der Waals surface area contributed by atoms with Crippen molar-refractivity contribution in [3.63, 3.8) is 0 Å². The maximum Gasteiger partial charge on any atom is 0.514 e. The zero-order valence-electron chi connectivity index (χ0n) is 27.7. The molecule has 0 amide bonds. The Morgan fingerprint density at radius 1 is 0.615 bits per heavy atom. The summed E-state index contributed by atoms with van der Waals surface area (Å²) in [6.45, 7) is 4.81. The van der Waals surface area contributed by atoms with E-state index in [1.807, 2.05) is 0 Å². The summed E-state index contributed by atoms with van der Waals surface area (Å²) in [5.74, 6) is -7.87. The van der Waals surface area contributed by atoms with E-state index in [0.717, 1.165) is 31.4 Å². The number of carbonyl (C=O) groups excluding carboxylic acids is 3. The lowest BCUT2D eigenvalue weighted by Crippen LogP contribution is -2.26. The first-order valence-corrected chi connectivity index (χ1v) is 14.7. The summed E-state index contributed by atoms with van der Waals surface area (Å²) in [6, 6.07) is 12.1. The fourth-order valence-electron chi connectivity index (χ4n) is 4.43. The van der Waals surface area contributed by atoms with Gasteiger partial charge in [-0.15, -0.1) is 12.4 Å². The van der Waals surface area contributed by atoms with E-state index < -0.39 is 69.2 Å². The second-order valence-corrected chi connectivity index (χ2v) is 11.2. The van der Waals surface area contributed by atoms with E-state index in [4.69, 9.17) is 14.6 Å². The molecule has 0 saturated carbocycles. The summed E-state index contributed by atoms with van der Waals surface area (Å²) in [7, 11) is 1.00. The van der Waals surface area contributed by atoms with E-state index in [1.54, 1.807) is 20.8 Å². The third-order valence-electron chi connectivity index (χ3n) is 6.63. The SMILES string of the molecule is CC(C)(C)OC(=O)Oc1ccc(F)c(C(=O)c2ccc3nccnc3c2)c1F.CO.Cl.O=C(c1ccc2nccnc2c1)c1c(F)ccc(O)c1F. The van der Waals surface area contributed by atoms with Gasteiger partial charge < -0.3 is 19.7 Å². The van der Waals surface area contributed by atoms with Crippen molar-refractivity contribution in [2.24, 2.45) is 0 Å². The number of fused-ring (bicyclic) bond motifs is 2. The van der Waals surface area contributed by atoms with E-state index in [1.165, 1.54) is 61.2 Å². The Kier molecular flexibility index (Phi) is 13.4. The molecule has 6 rings (SSSR count). The van der Waals surface area contributed by atoms with Crippen LogP contribution in [0.5, 0.6) is 11.5 Å². The van der Waals surface area contributed by atoms with Crippen molar-refractivity contribution in [2.45, 2.75) is 26.4 Å². The quantitative estimate of drug-likeness (QED) is 0.0788. The molecule has 16 heteroatoms. The Balaban J connectivity index is 0.000000272. The van der Waals surface area contributed by atoms with Gasteiger partial charge in [-0.1, -0.05) is 0 Å². The van der Waals surface area contributed by atoms with Gasteiger partial charge in [0.25, 0.3) is 0 Å². The lowest BCUT2D eigenvalue weighted by Gasteiger charge is -2.19. The van der Waals surface area contributed by atoms with Crippen molar-refractivity contribution < 1.29 is 51.6 Å². The first kappa shape index (κ1) is 40.4. The van der Waals surface area contributed by atoms with Gasteiger partial charge in [-0.3, -0.25) is 29.5 Å². The summed E-state index contributed by atoms with van der Waals surface area (Å²) in [6.07, 6.45) is 4.70. The van der Waals surface area contributed by atoms with E-state index in [2.05, 4.69) is 19.9 Å². The number of rotatable bonds is 5. The molecule has 6 aromatic rings. The number of aromatic hydroxyl groups is 1. The van der Waals surface area contributed by atoms with Crippen LogP contribution in [0.4, 0.5) is 22.4 Å². The monoisotopic (exact) mass is 740 g/mol. The molecule has 0 radical (unpaired) electrons. The van der Waals surface area contributed by atoms with Crippen molar-refractivity contribution in [1.82, 2.24) is 19.9 Å². The highest BCUT2D eigenvalue weighted by Crippen LogP contribution is 2.28. The molecule has 0 aliphatic carbocycles. The number of aliphatic hydroxyl groups is 1. The zero-order chi connectivity index (χ0) is 37.5. The number of carbonyl (C=O) groups is 3. The number of ether oxygens (including phenoxy) is 2. The fourth-order valence-corrected chi connectivity index (χ4v) is 4.43. The maximum absolute atomic E-state index is 14.8. The average molecular weight is 741 g/mol. The standard InChI is InChI=1S/C20H16F2N2O4.C15H8F2N2O2.CH4O.ClH/c1-20(2,3)28-19(26)27-15-7-5-12(21)16(17(15)22)18(25)11-4-6-13-14(10-11)24-9-8-23-13;16-9-2-4-12(20)14(17)13(9)15(21)8-1-3-10-11(7-8)19-6-5-18-10;1-2;/h4-10H,1-3H3;1-7,20H;2H,1H3;1H. The molecule has 2 heterocycles. The first-order valence-electron chi connectivity index (χ1n) is 14.7. The van der Waals surface area contributed by atoms with E-state index >= 15 is 0 Å². The van der Waals surface area contributed by atoms with Crippen molar-refractivity contribution in [2.75, 3.05) is 7.11 Å². The smallest absolute Gasteiger partial charge is 0.505 e. The minimum Gasteiger partial charge on any atom is -0.505 e. The van der Waals surface area contributed by atoms with Crippen molar-refractivity contribution in [1.29, 1.82) is 0 Å². The molecule has 0 aliphatic heterocycles. The molecule has 52 heavy (non-hydrogen) atoms. The fraction of sp³-hybridized carbons (Fsp3) is 0.139. The number of benzene rings is 4. The summed E-state index contributed by atoms with van der Waals surface area (Å²) in [4.78, 5) is 52.9. The summed E-state index contributed by atoms with van der Waals surface area (Å²) >= 11 is 0. The first-order chi connectivity index (χ1) is 24.2. The third-order valence-corrected chi connectivity index (χ3v) is 6.63. The number of phenols is 1. The topological polar surface area (TPSA) is 162 Å². The van der Waals surface area contributed by atoms with Crippen LogP contribution in [0.25, 0.3) is 22.1 Å². The van der Waals surface area contributed by atoms with Gasteiger partial charge in [-0.25, -0.2) is 22.4 Å². The number of aromatic nitrogens is 4. The zero-order valence-corrected chi connectivity index (χ0v) is 28.5. The Bertz CT molecular complexity index is 2270.